The van der Waals surface area contributed by atoms with E-state index in [2.05, 4.69) is 15.0 Å². The molecule has 0 aromatic carbocycles. The molecule has 0 saturated carbocycles. The molecule has 0 saturated heterocycles. The number of nitrogens with one attached hydrogen (secondary N) is 1. The molecule has 4 nitrogen and oxygen atoms in total. The van der Waals surface area contributed by atoms with Crippen molar-refractivity contribution in [2.24, 2.45) is 0 Å². The first kappa shape index (κ1) is 7.67. The van der Waals surface area contributed by atoms with Crippen molar-refractivity contribution in [2.45, 2.75) is 0 Å². The van der Waals surface area contributed by atoms with Crippen molar-refractivity contribution in [3.63, 3.8) is 0 Å². The van der Waals surface area contributed by atoms with Crippen molar-refractivity contribution >= 4 is 5.69 Å². The SMILES string of the molecule is [NH-]c1cnc(-c2ccncc2)nc1. The Balaban J connectivity index is 2.42. The third kappa shape index (κ3) is 1.61. The van der Waals surface area contributed by atoms with Gasteiger partial charge in [0.1, 0.15) is 0 Å². The summed E-state index contributed by atoms with van der Waals surface area (Å²) in [5.74, 6) is 0.624. The Morgan fingerprint density at radius 3 is 2.23 bits per heavy atom. The molecule has 0 bridgehead atoms. The van der Waals surface area contributed by atoms with Crippen molar-refractivity contribution in [3.8, 4) is 11.4 Å². The number of hydrogen-bond donors (Lipinski definition) is 0. The van der Waals surface area contributed by atoms with Crippen LogP contribution in [0.1, 0.15) is 0 Å². The van der Waals surface area contributed by atoms with Crippen LogP contribution in [0.2, 0.25) is 0 Å². The molecule has 13 heavy (non-hydrogen) atoms. The molecule has 0 aliphatic carbocycles. The van der Waals surface area contributed by atoms with Gasteiger partial charge in [-0.1, -0.05) is 0 Å². The zero-order chi connectivity index (χ0) is 9.10. The molecule has 0 unspecified atom stereocenters. The van der Waals surface area contributed by atoms with E-state index in [4.69, 9.17) is 5.73 Å². The Hall–Kier alpha value is -1.97. The average molecular weight is 171 g/mol. The Morgan fingerprint density at radius 2 is 1.62 bits per heavy atom. The summed E-state index contributed by atoms with van der Waals surface area (Å²) in [6, 6.07) is 3.66. The highest BCUT2D eigenvalue weighted by Crippen LogP contribution is 2.14. The molecule has 0 fully saturated rings. The van der Waals surface area contributed by atoms with E-state index in [0.717, 1.165) is 5.56 Å². The maximum atomic E-state index is 7.22. The summed E-state index contributed by atoms with van der Waals surface area (Å²) in [6.45, 7) is 0. The summed E-state index contributed by atoms with van der Waals surface area (Å²) in [5, 5.41) is 0. The molecule has 1 N–H and O–H groups in total. The summed E-state index contributed by atoms with van der Waals surface area (Å²) in [7, 11) is 0. The minimum atomic E-state index is 0.317. The Labute approximate surface area is 75.5 Å². The van der Waals surface area contributed by atoms with E-state index in [9.17, 15) is 0 Å². The molecule has 2 rings (SSSR count). The second-order valence-corrected chi connectivity index (χ2v) is 2.53. The highest BCUT2D eigenvalue weighted by atomic mass is 14.9. The molecule has 0 aliphatic rings. The fourth-order valence-corrected chi connectivity index (χ4v) is 0.978. The molecule has 2 aromatic heterocycles. The Morgan fingerprint density at radius 1 is 1.00 bits per heavy atom. The highest BCUT2D eigenvalue weighted by molar-refractivity contribution is 5.54. The van der Waals surface area contributed by atoms with Crippen molar-refractivity contribution in [1.29, 1.82) is 0 Å². The van der Waals surface area contributed by atoms with Gasteiger partial charge in [0.2, 0.25) is 0 Å². The van der Waals surface area contributed by atoms with E-state index in [0.29, 0.717) is 11.5 Å². The first-order valence-electron chi connectivity index (χ1n) is 3.80. The van der Waals surface area contributed by atoms with Gasteiger partial charge in [0, 0.05) is 30.4 Å². The zero-order valence-electron chi connectivity index (χ0n) is 6.81. The zero-order valence-corrected chi connectivity index (χ0v) is 6.81. The molecule has 0 spiro atoms. The standard InChI is InChI=1S/C9H7N4/c10-8-5-12-9(13-6-8)7-1-3-11-4-2-7/h1-6,10H/q-1. The molecule has 0 aliphatic heterocycles. The van der Waals surface area contributed by atoms with Gasteiger partial charge in [-0.2, -0.15) is 0 Å². The van der Waals surface area contributed by atoms with Crippen LogP contribution in [0.5, 0.6) is 0 Å². The number of nitrogens with zero attached hydrogens (tertiary/aromatic N) is 3. The minimum absolute atomic E-state index is 0.317. The second-order valence-electron chi connectivity index (χ2n) is 2.53. The monoisotopic (exact) mass is 171 g/mol. The lowest BCUT2D eigenvalue weighted by atomic mass is 10.2. The van der Waals surface area contributed by atoms with Crippen molar-refractivity contribution in [1.82, 2.24) is 15.0 Å². The Kier molecular flexibility index (Phi) is 1.88. The molecule has 0 amide bonds. The van der Waals surface area contributed by atoms with E-state index < -0.39 is 0 Å². The van der Waals surface area contributed by atoms with Gasteiger partial charge in [0.25, 0.3) is 0 Å². The quantitative estimate of drug-likeness (QED) is 0.660. The maximum absolute atomic E-state index is 7.22. The predicted octanol–water partition coefficient (Wildman–Crippen LogP) is 2.22. The van der Waals surface area contributed by atoms with Crippen molar-refractivity contribution in [3.05, 3.63) is 42.7 Å². The maximum Gasteiger partial charge on any atom is 0.159 e. The third-order valence-corrected chi connectivity index (χ3v) is 1.59. The summed E-state index contributed by atoms with van der Waals surface area (Å²) in [4.78, 5) is 11.9. The fourth-order valence-electron chi connectivity index (χ4n) is 0.978. The number of aromatic nitrogens is 3. The molecule has 64 valence electrons. The van der Waals surface area contributed by atoms with Gasteiger partial charge in [-0.25, -0.2) is 9.97 Å². The van der Waals surface area contributed by atoms with Crippen LogP contribution in [-0.4, -0.2) is 15.0 Å². The van der Waals surface area contributed by atoms with Crippen LogP contribution < -0.4 is 0 Å². The lowest BCUT2D eigenvalue weighted by Crippen LogP contribution is -1.86. The van der Waals surface area contributed by atoms with Crippen LogP contribution in [0, 0.1) is 0 Å². The van der Waals surface area contributed by atoms with Gasteiger partial charge in [-0.15, -0.1) is 5.69 Å². The molecule has 2 aromatic rings. The van der Waals surface area contributed by atoms with Crippen LogP contribution in [0.15, 0.2) is 36.9 Å². The van der Waals surface area contributed by atoms with Gasteiger partial charge in [0.05, 0.1) is 0 Å². The molecular formula is C9H7N4-. The summed E-state index contributed by atoms with van der Waals surface area (Å²) < 4.78 is 0. The van der Waals surface area contributed by atoms with Gasteiger partial charge >= 0.3 is 0 Å². The lowest BCUT2D eigenvalue weighted by Gasteiger charge is -2.02. The number of pyridine rings is 1. The molecule has 0 radical (unpaired) electrons. The third-order valence-electron chi connectivity index (χ3n) is 1.59. The molecular weight excluding hydrogens is 164 g/mol. The van der Waals surface area contributed by atoms with E-state index in [1.807, 2.05) is 12.1 Å². The molecule has 2 heterocycles. The smallest absolute Gasteiger partial charge is 0.159 e. The summed E-state index contributed by atoms with van der Waals surface area (Å²) >= 11 is 0. The largest absolute Gasteiger partial charge is 0.696 e. The van der Waals surface area contributed by atoms with Gasteiger partial charge in [0.15, 0.2) is 5.82 Å². The van der Waals surface area contributed by atoms with Crippen molar-refractivity contribution < 1.29 is 0 Å². The molecule has 4 heteroatoms. The second kappa shape index (κ2) is 3.18. The number of hydrogen-bond acceptors (Lipinski definition) is 3. The van der Waals surface area contributed by atoms with Crippen LogP contribution in [0.25, 0.3) is 17.1 Å². The van der Waals surface area contributed by atoms with Gasteiger partial charge in [-0.3, -0.25) is 4.98 Å². The van der Waals surface area contributed by atoms with Crippen molar-refractivity contribution in [2.75, 3.05) is 0 Å². The topological polar surface area (TPSA) is 62.5 Å². The first-order valence-corrected chi connectivity index (χ1v) is 3.80. The van der Waals surface area contributed by atoms with E-state index in [1.54, 1.807) is 12.4 Å². The number of rotatable bonds is 1. The van der Waals surface area contributed by atoms with Gasteiger partial charge in [-0.05, 0) is 12.1 Å². The van der Waals surface area contributed by atoms with E-state index in [1.165, 1.54) is 12.4 Å². The van der Waals surface area contributed by atoms with Crippen LogP contribution in [-0.2, 0) is 0 Å². The predicted molar refractivity (Wildman–Crippen MR) is 49.2 cm³/mol. The minimum Gasteiger partial charge on any atom is -0.696 e. The normalized spacial score (nSPS) is 9.85. The van der Waals surface area contributed by atoms with Crippen LogP contribution in [0.3, 0.4) is 0 Å². The van der Waals surface area contributed by atoms with E-state index in [-0.39, 0.29) is 0 Å². The van der Waals surface area contributed by atoms with E-state index >= 15 is 0 Å². The lowest BCUT2D eigenvalue weighted by molar-refractivity contribution is 1.18. The van der Waals surface area contributed by atoms with Crippen LogP contribution >= 0.6 is 0 Å². The summed E-state index contributed by atoms with van der Waals surface area (Å²) in [6.07, 6.45) is 6.33. The highest BCUT2D eigenvalue weighted by Gasteiger charge is 1.96. The fraction of sp³-hybridized carbons (Fsp3) is 0. The van der Waals surface area contributed by atoms with Crippen LogP contribution in [0.4, 0.5) is 5.69 Å². The molecule has 0 atom stereocenters. The average Bonchev–Trinajstić information content (AvgIpc) is 2.20. The first-order chi connectivity index (χ1) is 6.36. The van der Waals surface area contributed by atoms with Gasteiger partial charge < -0.3 is 5.73 Å². The summed E-state index contributed by atoms with van der Waals surface area (Å²) in [5.41, 5.74) is 8.45. The Bertz CT molecular complexity index is 382.